The highest BCUT2D eigenvalue weighted by Gasteiger charge is 2.35. The number of aryl methyl sites for hydroxylation is 1. The number of alkyl halides is 3. The standard InChI is InChI=1S/C10H15F3N2O2S2/c1-7-4-9(18-8(7)5-14-2)19(16,17)15(3)6-10(11,12)13/h4,14H,5-6H2,1-3H3. The number of halogens is 3. The Balaban J connectivity index is 3.03. The van der Waals surface area contributed by atoms with Crippen LogP contribution in [-0.2, 0) is 16.6 Å². The summed E-state index contributed by atoms with van der Waals surface area (Å²) >= 11 is 0.986. The summed E-state index contributed by atoms with van der Waals surface area (Å²) in [7, 11) is -1.45. The first-order valence-corrected chi connectivity index (χ1v) is 7.60. The average Bonchev–Trinajstić information content (AvgIpc) is 2.59. The molecule has 0 radical (unpaired) electrons. The molecule has 0 aliphatic rings. The largest absolute Gasteiger partial charge is 0.402 e. The van der Waals surface area contributed by atoms with E-state index in [1.54, 1.807) is 14.0 Å². The number of hydrogen-bond acceptors (Lipinski definition) is 4. The first-order chi connectivity index (χ1) is 8.58. The molecular weight excluding hydrogens is 301 g/mol. The van der Waals surface area contributed by atoms with E-state index in [4.69, 9.17) is 0 Å². The van der Waals surface area contributed by atoms with Crippen molar-refractivity contribution >= 4 is 21.4 Å². The van der Waals surface area contributed by atoms with Crippen LogP contribution in [0.3, 0.4) is 0 Å². The summed E-state index contributed by atoms with van der Waals surface area (Å²) in [6.07, 6.45) is -4.55. The molecule has 9 heteroatoms. The summed E-state index contributed by atoms with van der Waals surface area (Å²) in [4.78, 5) is 0.793. The Morgan fingerprint density at radius 3 is 2.47 bits per heavy atom. The Kier molecular flexibility index (Phi) is 4.99. The van der Waals surface area contributed by atoms with Crippen molar-refractivity contribution in [2.75, 3.05) is 20.6 Å². The first-order valence-electron chi connectivity index (χ1n) is 5.35. The fourth-order valence-electron chi connectivity index (χ4n) is 1.44. The van der Waals surface area contributed by atoms with E-state index in [0.29, 0.717) is 10.8 Å². The predicted molar refractivity (Wildman–Crippen MR) is 67.7 cm³/mol. The summed E-state index contributed by atoms with van der Waals surface area (Å²) in [5.41, 5.74) is 0.748. The fourth-order valence-corrected chi connectivity index (χ4v) is 4.41. The molecule has 0 aliphatic heterocycles. The summed E-state index contributed by atoms with van der Waals surface area (Å²) in [5, 5.41) is 2.88. The molecule has 0 amide bonds. The lowest BCUT2D eigenvalue weighted by molar-refractivity contribution is -0.134. The van der Waals surface area contributed by atoms with E-state index in [2.05, 4.69) is 5.32 Å². The van der Waals surface area contributed by atoms with Crippen molar-refractivity contribution in [3.8, 4) is 0 Å². The molecule has 19 heavy (non-hydrogen) atoms. The molecule has 0 unspecified atom stereocenters. The van der Waals surface area contributed by atoms with Gasteiger partial charge in [0.15, 0.2) is 0 Å². The summed E-state index contributed by atoms with van der Waals surface area (Å²) in [6, 6.07) is 1.40. The van der Waals surface area contributed by atoms with E-state index in [1.165, 1.54) is 6.07 Å². The quantitative estimate of drug-likeness (QED) is 0.903. The molecule has 0 spiro atoms. The van der Waals surface area contributed by atoms with Crippen LogP contribution in [0.1, 0.15) is 10.4 Å². The highest BCUT2D eigenvalue weighted by molar-refractivity contribution is 7.91. The smallest absolute Gasteiger partial charge is 0.315 e. The van der Waals surface area contributed by atoms with Crippen LogP contribution in [-0.4, -0.2) is 39.5 Å². The van der Waals surface area contributed by atoms with Crippen molar-refractivity contribution in [2.24, 2.45) is 0 Å². The molecule has 1 aromatic heterocycles. The Morgan fingerprint density at radius 2 is 2.00 bits per heavy atom. The second kappa shape index (κ2) is 5.78. The van der Waals surface area contributed by atoms with Gasteiger partial charge in [-0.2, -0.15) is 17.5 Å². The minimum Gasteiger partial charge on any atom is -0.315 e. The Bertz CT molecular complexity index is 537. The zero-order valence-corrected chi connectivity index (χ0v) is 12.3. The number of hydrogen-bond donors (Lipinski definition) is 1. The van der Waals surface area contributed by atoms with Crippen molar-refractivity contribution in [3.63, 3.8) is 0 Å². The first kappa shape index (κ1) is 16.4. The van der Waals surface area contributed by atoms with Gasteiger partial charge in [0.25, 0.3) is 10.0 Å². The van der Waals surface area contributed by atoms with Gasteiger partial charge < -0.3 is 5.32 Å². The van der Waals surface area contributed by atoms with Crippen molar-refractivity contribution in [1.82, 2.24) is 9.62 Å². The average molecular weight is 316 g/mol. The van der Waals surface area contributed by atoms with E-state index < -0.39 is 22.7 Å². The fraction of sp³-hybridized carbons (Fsp3) is 0.600. The van der Waals surface area contributed by atoms with Crippen molar-refractivity contribution < 1.29 is 21.6 Å². The maximum atomic E-state index is 12.2. The molecule has 1 rings (SSSR count). The van der Waals surface area contributed by atoms with Gasteiger partial charge in [-0.25, -0.2) is 8.42 Å². The number of rotatable bonds is 5. The molecule has 0 saturated carbocycles. The molecule has 0 fully saturated rings. The van der Waals surface area contributed by atoms with Gasteiger partial charge in [0, 0.05) is 18.5 Å². The second-order valence-corrected chi connectivity index (χ2v) is 7.49. The Hall–Kier alpha value is -0.640. The minimum atomic E-state index is -4.55. The van der Waals surface area contributed by atoms with Gasteiger partial charge >= 0.3 is 6.18 Å². The molecule has 1 aromatic rings. The molecule has 1 N–H and O–H groups in total. The lowest BCUT2D eigenvalue weighted by Gasteiger charge is -2.17. The summed E-state index contributed by atoms with van der Waals surface area (Å²) < 4.78 is 61.0. The van der Waals surface area contributed by atoms with Gasteiger partial charge in [0.1, 0.15) is 10.8 Å². The van der Waals surface area contributed by atoms with E-state index in [0.717, 1.165) is 28.8 Å². The zero-order valence-electron chi connectivity index (χ0n) is 10.7. The number of thiophene rings is 1. The second-order valence-electron chi connectivity index (χ2n) is 4.08. The molecule has 0 atom stereocenters. The van der Waals surface area contributed by atoms with Gasteiger partial charge in [0.2, 0.25) is 0 Å². The van der Waals surface area contributed by atoms with Crippen LogP contribution < -0.4 is 5.32 Å². The third kappa shape index (κ3) is 4.16. The van der Waals surface area contributed by atoms with Gasteiger partial charge in [-0.15, -0.1) is 11.3 Å². The molecule has 0 saturated heterocycles. The highest BCUT2D eigenvalue weighted by Crippen LogP contribution is 2.29. The minimum absolute atomic E-state index is 0.0676. The third-order valence-electron chi connectivity index (χ3n) is 2.40. The van der Waals surface area contributed by atoms with Crippen molar-refractivity contribution in [2.45, 2.75) is 23.9 Å². The third-order valence-corrected chi connectivity index (χ3v) is 5.89. The monoisotopic (exact) mass is 316 g/mol. The number of sulfonamides is 1. The Morgan fingerprint density at radius 1 is 1.42 bits per heavy atom. The molecule has 0 aromatic carbocycles. The van der Waals surface area contributed by atoms with E-state index in [9.17, 15) is 21.6 Å². The van der Waals surface area contributed by atoms with E-state index in [-0.39, 0.29) is 4.21 Å². The van der Waals surface area contributed by atoms with Crippen LogP contribution in [0.4, 0.5) is 13.2 Å². The number of nitrogens with one attached hydrogen (secondary N) is 1. The van der Waals surface area contributed by atoms with E-state index in [1.807, 2.05) is 0 Å². The van der Waals surface area contributed by atoms with Crippen molar-refractivity contribution in [1.29, 1.82) is 0 Å². The van der Waals surface area contributed by atoms with Gasteiger partial charge in [-0.3, -0.25) is 0 Å². The molecule has 110 valence electrons. The summed E-state index contributed by atoms with van der Waals surface area (Å²) in [5.74, 6) is 0. The maximum Gasteiger partial charge on any atom is 0.402 e. The van der Waals surface area contributed by atoms with Crippen molar-refractivity contribution in [3.05, 3.63) is 16.5 Å². The van der Waals surface area contributed by atoms with Crippen LogP contribution in [0.5, 0.6) is 0 Å². The highest BCUT2D eigenvalue weighted by atomic mass is 32.2. The maximum absolute atomic E-state index is 12.2. The lowest BCUT2D eigenvalue weighted by Crippen LogP contribution is -2.35. The summed E-state index contributed by atoms with van der Waals surface area (Å²) in [6.45, 7) is 0.717. The molecule has 0 aliphatic carbocycles. The van der Waals surface area contributed by atoms with Gasteiger partial charge in [-0.1, -0.05) is 0 Å². The SMILES string of the molecule is CNCc1sc(S(=O)(=O)N(C)CC(F)(F)F)cc1C. The molecule has 1 heterocycles. The zero-order chi connectivity index (χ0) is 14.8. The van der Waals surface area contributed by atoms with Crippen LogP contribution in [0.25, 0.3) is 0 Å². The normalized spacial score (nSPS) is 13.2. The van der Waals surface area contributed by atoms with Crippen LogP contribution in [0, 0.1) is 6.92 Å². The predicted octanol–water partition coefficient (Wildman–Crippen LogP) is 1.96. The van der Waals surface area contributed by atoms with E-state index >= 15 is 0 Å². The number of nitrogens with zero attached hydrogens (tertiary/aromatic N) is 1. The Labute approximate surface area is 114 Å². The van der Waals surface area contributed by atoms with Gasteiger partial charge in [0.05, 0.1) is 0 Å². The van der Waals surface area contributed by atoms with Gasteiger partial charge in [-0.05, 0) is 25.6 Å². The topological polar surface area (TPSA) is 49.4 Å². The van der Waals surface area contributed by atoms with Crippen LogP contribution in [0.15, 0.2) is 10.3 Å². The molecular formula is C10H15F3N2O2S2. The van der Waals surface area contributed by atoms with Crippen LogP contribution >= 0.6 is 11.3 Å². The lowest BCUT2D eigenvalue weighted by atomic mass is 10.3. The van der Waals surface area contributed by atoms with Crippen LogP contribution in [0.2, 0.25) is 0 Å². The molecule has 4 nitrogen and oxygen atoms in total. The molecule has 0 bridgehead atoms.